The molecule has 0 amide bonds. The highest BCUT2D eigenvalue weighted by atomic mass is 32.2. The molecule has 0 aromatic carbocycles. The van der Waals surface area contributed by atoms with Crippen molar-refractivity contribution in [1.82, 2.24) is 4.98 Å². The summed E-state index contributed by atoms with van der Waals surface area (Å²) in [5.41, 5.74) is 5.86. The third-order valence-corrected chi connectivity index (χ3v) is 3.55. The van der Waals surface area contributed by atoms with Crippen molar-refractivity contribution in [2.24, 2.45) is 5.73 Å². The van der Waals surface area contributed by atoms with E-state index in [0.29, 0.717) is 18.5 Å². The fraction of sp³-hybridized carbons (Fsp3) is 0.545. The molecule has 1 aromatic rings. The number of hydrogen-bond acceptors (Lipinski definition) is 4. The van der Waals surface area contributed by atoms with Crippen LogP contribution >= 0.6 is 0 Å². The van der Waals surface area contributed by atoms with Crippen molar-refractivity contribution < 1.29 is 12.8 Å². The molecule has 2 N–H and O–H groups in total. The van der Waals surface area contributed by atoms with Crippen LogP contribution in [-0.2, 0) is 15.4 Å². The second-order valence-corrected chi connectivity index (χ2v) is 6.77. The molecule has 0 radical (unpaired) electrons. The van der Waals surface area contributed by atoms with E-state index in [1.807, 2.05) is 0 Å². The fourth-order valence-corrected chi connectivity index (χ4v) is 2.21. The maximum Gasteiger partial charge on any atom is 0.147 e. The van der Waals surface area contributed by atoms with Crippen molar-refractivity contribution in [3.05, 3.63) is 29.8 Å². The number of halogens is 1. The van der Waals surface area contributed by atoms with Gasteiger partial charge in [-0.15, -0.1) is 0 Å². The van der Waals surface area contributed by atoms with E-state index in [0.717, 1.165) is 6.20 Å². The van der Waals surface area contributed by atoms with Crippen molar-refractivity contribution in [1.29, 1.82) is 0 Å². The standard InChI is InChI=1S/C11H17FN2O2S/c1-11(13,6-3-7-17(2,15)16)10-5-4-9(12)8-14-10/h4-5,8H,3,6-7,13H2,1-2H3. The Hall–Kier alpha value is -1.01. The van der Waals surface area contributed by atoms with Crippen LogP contribution in [0.2, 0.25) is 0 Å². The van der Waals surface area contributed by atoms with E-state index in [9.17, 15) is 12.8 Å². The number of aromatic nitrogens is 1. The molecule has 6 heteroatoms. The molecule has 0 aliphatic heterocycles. The van der Waals surface area contributed by atoms with E-state index < -0.39 is 21.2 Å². The third kappa shape index (κ3) is 4.79. The van der Waals surface area contributed by atoms with Gasteiger partial charge in [-0.2, -0.15) is 0 Å². The lowest BCUT2D eigenvalue weighted by Crippen LogP contribution is -2.34. The van der Waals surface area contributed by atoms with E-state index >= 15 is 0 Å². The fourth-order valence-electron chi connectivity index (χ4n) is 1.54. The smallest absolute Gasteiger partial charge is 0.147 e. The SMILES string of the molecule is CC(N)(CCCS(C)(=O)=O)c1ccc(F)cn1. The summed E-state index contributed by atoms with van der Waals surface area (Å²) in [6, 6.07) is 2.82. The van der Waals surface area contributed by atoms with Gasteiger partial charge in [0.25, 0.3) is 0 Å². The molecule has 0 saturated heterocycles. The summed E-state index contributed by atoms with van der Waals surface area (Å²) in [5.74, 6) is -0.318. The number of nitrogens with two attached hydrogens (primary N) is 1. The van der Waals surface area contributed by atoms with Gasteiger partial charge in [-0.1, -0.05) is 0 Å². The normalized spacial score (nSPS) is 15.5. The van der Waals surface area contributed by atoms with Gasteiger partial charge in [0.05, 0.1) is 17.4 Å². The van der Waals surface area contributed by atoms with Crippen molar-refractivity contribution in [3.8, 4) is 0 Å². The Morgan fingerprint density at radius 3 is 2.59 bits per heavy atom. The lowest BCUT2D eigenvalue weighted by atomic mass is 9.93. The van der Waals surface area contributed by atoms with Crippen LogP contribution in [0.5, 0.6) is 0 Å². The number of hydrogen-bond donors (Lipinski definition) is 1. The average Bonchev–Trinajstić information content (AvgIpc) is 2.15. The Kier molecular flexibility index (Phi) is 4.21. The molecule has 0 aliphatic carbocycles. The van der Waals surface area contributed by atoms with Crippen molar-refractivity contribution >= 4 is 9.84 Å². The number of pyridine rings is 1. The maximum atomic E-state index is 12.7. The summed E-state index contributed by atoms with van der Waals surface area (Å²) in [4.78, 5) is 3.92. The molecule has 1 heterocycles. The first-order valence-electron chi connectivity index (χ1n) is 5.29. The molecule has 0 aliphatic rings. The molecule has 0 spiro atoms. The van der Waals surface area contributed by atoms with E-state index in [4.69, 9.17) is 5.73 Å². The zero-order valence-corrected chi connectivity index (χ0v) is 10.8. The number of nitrogens with zero attached hydrogens (tertiary/aromatic N) is 1. The highest BCUT2D eigenvalue weighted by Gasteiger charge is 2.22. The molecule has 0 bridgehead atoms. The van der Waals surface area contributed by atoms with Crippen LogP contribution in [0, 0.1) is 5.82 Å². The second kappa shape index (κ2) is 5.10. The summed E-state index contributed by atoms with van der Waals surface area (Å²) >= 11 is 0. The van der Waals surface area contributed by atoms with Crippen molar-refractivity contribution in [3.63, 3.8) is 0 Å². The number of sulfone groups is 1. The highest BCUT2D eigenvalue weighted by Crippen LogP contribution is 2.21. The summed E-state index contributed by atoms with van der Waals surface area (Å²) < 4.78 is 34.7. The van der Waals surface area contributed by atoms with Gasteiger partial charge in [0, 0.05) is 12.0 Å². The van der Waals surface area contributed by atoms with E-state index in [-0.39, 0.29) is 5.75 Å². The largest absolute Gasteiger partial charge is 0.320 e. The lowest BCUT2D eigenvalue weighted by molar-refractivity contribution is 0.431. The van der Waals surface area contributed by atoms with Crippen molar-refractivity contribution in [2.45, 2.75) is 25.3 Å². The van der Waals surface area contributed by atoms with Gasteiger partial charge < -0.3 is 5.73 Å². The maximum absolute atomic E-state index is 12.7. The van der Waals surface area contributed by atoms with Crippen LogP contribution in [0.25, 0.3) is 0 Å². The van der Waals surface area contributed by atoms with Gasteiger partial charge >= 0.3 is 0 Å². The molecular formula is C11H17FN2O2S. The average molecular weight is 260 g/mol. The minimum Gasteiger partial charge on any atom is -0.320 e. The lowest BCUT2D eigenvalue weighted by Gasteiger charge is -2.23. The Morgan fingerprint density at radius 2 is 2.12 bits per heavy atom. The predicted molar refractivity (Wildman–Crippen MR) is 64.7 cm³/mol. The topological polar surface area (TPSA) is 73.1 Å². The van der Waals surface area contributed by atoms with Gasteiger partial charge in [0.1, 0.15) is 15.7 Å². The van der Waals surface area contributed by atoms with E-state index in [1.54, 1.807) is 6.92 Å². The van der Waals surface area contributed by atoms with E-state index in [1.165, 1.54) is 18.4 Å². The third-order valence-electron chi connectivity index (χ3n) is 2.52. The summed E-state index contributed by atoms with van der Waals surface area (Å²) in [6.45, 7) is 1.76. The molecule has 17 heavy (non-hydrogen) atoms. The molecular weight excluding hydrogens is 243 g/mol. The Morgan fingerprint density at radius 1 is 1.47 bits per heavy atom. The van der Waals surface area contributed by atoms with Gasteiger partial charge in [0.15, 0.2) is 0 Å². The summed E-state index contributed by atoms with van der Waals surface area (Å²) in [5, 5.41) is 0. The van der Waals surface area contributed by atoms with Crippen LogP contribution in [0.4, 0.5) is 4.39 Å². The summed E-state index contributed by atoms with van der Waals surface area (Å²) in [6.07, 6.45) is 3.25. The Balaban J connectivity index is 2.65. The Bertz CT molecular complexity index is 469. The monoisotopic (exact) mass is 260 g/mol. The van der Waals surface area contributed by atoms with Crippen molar-refractivity contribution in [2.75, 3.05) is 12.0 Å². The van der Waals surface area contributed by atoms with Crippen LogP contribution in [0.1, 0.15) is 25.5 Å². The first kappa shape index (κ1) is 14.1. The zero-order chi connectivity index (χ0) is 13.1. The minimum absolute atomic E-state index is 0.0982. The zero-order valence-electron chi connectivity index (χ0n) is 9.98. The molecule has 1 rings (SSSR count). The molecule has 0 fully saturated rings. The van der Waals surface area contributed by atoms with Gasteiger partial charge in [-0.25, -0.2) is 12.8 Å². The summed E-state index contributed by atoms with van der Waals surface area (Å²) in [7, 11) is -2.97. The molecule has 1 aromatic heterocycles. The molecule has 1 unspecified atom stereocenters. The van der Waals surface area contributed by atoms with E-state index in [2.05, 4.69) is 4.98 Å². The van der Waals surface area contributed by atoms with Crippen LogP contribution in [-0.4, -0.2) is 25.4 Å². The van der Waals surface area contributed by atoms with Crippen LogP contribution < -0.4 is 5.73 Å². The first-order valence-corrected chi connectivity index (χ1v) is 7.35. The van der Waals surface area contributed by atoms with Gasteiger partial charge in [0.2, 0.25) is 0 Å². The predicted octanol–water partition coefficient (Wildman–Crippen LogP) is 1.22. The first-order chi connectivity index (χ1) is 7.71. The molecule has 0 saturated carbocycles. The molecule has 96 valence electrons. The minimum atomic E-state index is -2.97. The molecule has 1 atom stereocenters. The van der Waals surface area contributed by atoms with Crippen LogP contribution in [0.15, 0.2) is 18.3 Å². The number of rotatable bonds is 5. The van der Waals surface area contributed by atoms with Gasteiger partial charge in [-0.3, -0.25) is 4.98 Å². The second-order valence-electron chi connectivity index (χ2n) is 4.51. The van der Waals surface area contributed by atoms with Crippen LogP contribution in [0.3, 0.4) is 0 Å². The van der Waals surface area contributed by atoms with Gasteiger partial charge in [-0.05, 0) is 31.9 Å². The Labute approximate surface area is 101 Å². The molecule has 4 nitrogen and oxygen atoms in total. The highest BCUT2D eigenvalue weighted by molar-refractivity contribution is 7.90. The quantitative estimate of drug-likeness (QED) is 0.864.